The smallest absolute Gasteiger partial charge is 0.209 e. The minimum absolute atomic E-state index is 0.840. The highest BCUT2D eigenvalue weighted by Crippen LogP contribution is 2.15. The lowest BCUT2D eigenvalue weighted by molar-refractivity contribution is 0.242. The normalized spacial score (nSPS) is 16.9. The number of hydrogen-bond acceptors (Lipinski definition) is 6. The standard InChI is InChI=1S/C12H24N6S/c1-2-13-6-9-18-12(14-15-16-18)19-11-10-17-7-4-3-5-8-17/h13H,2-11H2,1H3. The third-order valence-corrected chi connectivity index (χ3v) is 4.27. The number of hydrogen-bond donors (Lipinski definition) is 1. The van der Waals surface area contributed by atoms with E-state index in [1.54, 1.807) is 11.8 Å². The Morgan fingerprint density at radius 1 is 1.21 bits per heavy atom. The number of likely N-dealkylation sites (tertiary alicyclic amines) is 1. The molecule has 108 valence electrons. The summed E-state index contributed by atoms with van der Waals surface area (Å²) in [6, 6.07) is 0. The summed E-state index contributed by atoms with van der Waals surface area (Å²) in [5.74, 6) is 1.07. The summed E-state index contributed by atoms with van der Waals surface area (Å²) in [6.07, 6.45) is 4.10. The second-order valence-corrected chi connectivity index (χ2v) is 5.85. The van der Waals surface area contributed by atoms with Crippen LogP contribution in [0.5, 0.6) is 0 Å². The number of nitrogens with one attached hydrogen (secondary N) is 1. The van der Waals surface area contributed by atoms with Gasteiger partial charge in [0.1, 0.15) is 0 Å². The molecule has 1 fully saturated rings. The summed E-state index contributed by atoms with van der Waals surface area (Å²) in [6.45, 7) is 8.50. The molecule has 1 aromatic heterocycles. The van der Waals surface area contributed by atoms with Crippen LogP contribution in [0.3, 0.4) is 0 Å². The molecular weight excluding hydrogens is 260 g/mol. The fourth-order valence-electron chi connectivity index (χ4n) is 2.25. The van der Waals surface area contributed by atoms with Crippen LogP contribution in [-0.2, 0) is 6.54 Å². The Morgan fingerprint density at radius 2 is 2.05 bits per heavy atom. The molecule has 0 amide bonds. The Hall–Kier alpha value is -0.660. The molecule has 1 N–H and O–H groups in total. The molecule has 1 aromatic rings. The highest BCUT2D eigenvalue weighted by atomic mass is 32.2. The summed E-state index contributed by atoms with van der Waals surface area (Å²) in [5, 5.41) is 16.1. The monoisotopic (exact) mass is 284 g/mol. The van der Waals surface area contributed by atoms with E-state index in [1.807, 2.05) is 4.68 Å². The third kappa shape index (κ3) is 5.08. The van der Waals surface area contributed by atoms with Crippen LogP contribution in [0.4, 0.5) is 0 Å². The fourth-order valence-corrected chi connectivity index (χ4v) is 3.15. The SMILES string of the molecule is CCNCCn1nnnc1SCCN1CCCCC1. The average molecular weight is 284 g/mol. The van der Waals surface area contributed by atoms with Crippen LogP contribution in [0.2, 0.25) is 0 Å². The van der Waals surface area contributed by atoms with Gasteiger partial charge in [0.25, 0.3) is 0 Å². The highest BCUT2D eigenvalue weighted by molar-refractivity contribution is 7.99. The van der Waals surface area contributed by atoms with E-state index in [4.69, 9.17) is 0 Å². The van der Waals surface area contributed by atoms with Crippen LogP contribution in [0, 0.1) is 0 Å². The number of rotatable bonds is 8. The van der Waals surface area contributed by atoms with Crippen molar-refractivity contribution in [3.05, 3.63) is 0 Å². The van der Waals surface area contributed by atoms with Crippen molar-refractivity contribution in [3.63, 3.8) is 0 Å². The van der Waals surface area contributed by atoms with Gasteiger partial charge in [0.2, 0.25) is 5.16 Å². The number of thioether (sulfide) groups is 1. The molecule has 0 spiro atoms. The minimum atomic E-state index is 0.840. The number of nitrogens with zero attached hydrogens (tertiary/aromatic N) is 5. The Morgan fingerprint density at radius 3 is 2.84 bits per heavy atom. The molecule has 0 radical (unpaired) electrons. The maximum Gasteiger partial charge on any atom is 0.209 e. The van der Waals surface area contributed by atoms with Crippen molar-refractivity contribution < 1.29 is 0 Å². The molecule has 19 heavy (non-hydrogen) atoms. The van der Waals surface area contributed by atoms with E-state index >= 15 is 0 Å². The van der Waals surface area contributed by atoms with Gasteiger partial charge in [-0.2, -0.15) is 0 Å². The van der Waals surface area contributed by atoms with Crippen LogP contribution in [0.1, 0.15) is 26.2 Å². The molecule has 0 aromatic carbocycles. The second kappa shape index (κ2) is 8.50. The van der Waals surface area contributed by atoms with Crippen LogP contribution in [-0.4, -0.2) is 63.6 Å². The molecule has 0 aliphatic carbocycles. The summed E-state index contributed by atoms with van der Waals surface area (Å²) in [5.41, 5.74) is 0. The van der Waals surface area contributed by atoms with Crippen LogP contribution in [0.25, 0.3) is 0 Å². The van der Waals surface area contributed by atoms with E-state index in [9.17, 15) is 0 Å². The molecule has 6 nitrogen and oxygen atoms in total. The first kappa shape index (κ1) is 14.7. The van der Waals surface area contributed by atoms with Gasteiger partial charge in [-0.05, 0) is 42.9 Å². The van der Waals surface area contributed by atoms with Gasteiger partial charge < -0.3 is 10.2 Å². The number of likely N-dealkylation sites (N-methyl/N-ethyl adjacent to an activating group) is 1. The summed E-state index contributed by atoms with van der Waals surface area (Å²) in [4.78, 5) is 2.54. The van der Waals surface area contributed by atoms with E-state index in [2.05, 4.69) is 32.7 Å². The van der Waals surface area contributed by atoms with Crippen LogP contribution < -0.4 is 5.32 Å². The summed E-state index contributed by atoms with van der Waals surface area (Å²) < 4.78 is 1.89. The Labute approximate surface area is 119 Å². The third-order valence-electron chi connectivity index (χ3n) is 3.34. The average Bonchev–Trinajstić information content (AvgIpc) is 2.88. The lowest BCUT2D eigenvalue weighted by Crippen LogP contribution is -2.31. The van der Waals surface area contributed by atoms with Crippen molar-refractivity contribution in [2.24, 2.45) is 0 Å². The zero-order chi connectivity index (χ0) is 13.3. The first-order valence-corrected chi connectivity index (χ1v) is 8.20. The van der Waals surface area contributed by atoms with E-state index < -0.39 is 0 Å². The van der Waals surface area contributed by atoms with E-state index in [1.165, 1.54) is 32.4 Å². The molecule has 1 aliphatic rings. The van der Waals surface area contributed by atoms with E-state index in [0.717, 1.165) is 37.1 Å². The second-order valence-electron chi connectivity index (χ2n) is 4.79. The van der Waals surface area contributed by atoms with Gasteiger partial charge in [-0.25, -0.2) is 4.68 Å². The zero-order valence-corrected chi connectivity index (χ0v) is 12.5. The molecule has 2 rings (SSSR count). The topological polar surface area (TPSA) is 58.9 Å². The van der Waals surface area contributed by atoms with Gasteiger partial charge in [-0.15, -0.1) is 5.10 Å². The lowest BCUT2D eigenvalue weighted by atomic mass is 10.1. The van der Waals surface area contributed by atoms with Crippen molar-refractivity contribution in [2.75, 3.05) is 38.5 Å². The highest BCUT2D eigenvalue weighted by Gasteiger charge is 2.11. The van der Waals surface area contributed by atoms with Crippen LogP contribution >= 0.6 is 11.8 Å². The Bertz CT molecular complexity index is 350. The zero-order valence-electron chi connectivity index (χ0n) is 11.7. The van der Waals surface area contributed by atoms with Gasteiger partial charge in [0.15, 0.2) is 0 Å². The predicted octanol–water partition coefficient (Wildman–Crippen LogP) is 0.861. The fraction of sp³-hybridized carbons (Fsp3) is 0.917. The molecule has 0 unspecified atom stereocenters. The van der Waals surface area contributed by atoms with E-state index in [-0.39, 0.29) is 0 Å². The predicted molar refractivity (Wildman–Crippen MR) is 77.4 cm³/mol. The van der Waals surface area contributed by atoms with Crippen molar-refractivity contribution in [1.82, 2.24) is 30.4 Å². The number of aromatic nitrogens is 4. The molecule has 0 saturated carbocycles. The molecule has 2 heterocycles. The first-order valence-electron chi connectivity index (χ1n) is 7.22. The molecule has 0 bridgehead atoms. The number of tetrazole rings is 1. The van der Waals surface area contributed by atoms with Gasteiger partial charge >= 0.3 is 0 Å². The maximum atomic E-state index is 4.10. The minimum Gasteiger partial charge on any atom is -0.315 e. The summed E-state index contributed by atoms with van der Waals surface area (Å²) in [7, 11) is 0. The first-order chi connectivity index (χ1) is 9.40. The van der Waals surface area contributed by atoms with Gasteiger partial charge in [0.05, 0.1) is 6.54 Å². The molecule has 0 atom stereocenters. The molecule has 1 saturated heterocycles. The number of piperidine rings is 1. The maximum absolute atomic E-state index is 4.10. The van der Waals surface area contributed by atoms with Crippen molar-refractivity contribution in [1.29, 1.82) is 0 Å². The van der Waals surface area contributed by atoms with Crippen molar-refractivity contribution in [3.8, 4) is 0 Å². The largest absolute Gasteiger partial charge is 0.315 e. The van der Waals surface area contributed by atoms with Crippen LogP contribution in [0.15, 0.2) is 5.16 Å². The van der Waals surface area contributed by atoms with Gasteiger partial charge in [-0.3, -0.25) is 0 Å². The van der Waals surface area contributed by atoms with Gasteiger partial charge in [0, 0.05) is 18.8 Å². The van der Waals surface area contributed by atoms with E-state index in [0.29, 0.717) is 0 Å². The van der Waals surface area contributed by atoms with Crippen molar-refractivity contribution in [2.45, 2.75) is 37.9 Å². The Kier molecular flexibility index (Phi) is 6.59. The molecule has 7 heteroatoms. The molecular formula is C12H24N6S. The quantitative estimate of drug-likeness (QED) is 0.564. The van der Waals surface area contributed by atoms with Gasteiger partial charge in [-0.1, -0.05) is 25.1 Å². The lowest BCUT2D eigenvalue weighted by Gasteiger charge is -2.25. The Balaban J connectivity index is 1.68. The molecule has 1 aliphatic heterocycles. The van der Waals surface area contributed by atoms with Crippen molar-refractivity contribution >= 4 is 11.8 Å². The summed E-state index contributed by atoms with van der Waals surface area (Å²) >= 11 is 1.76.